The van der Waals surface area contributed by atoms with Crippen molar-refractivity contribution in [3.8, 4) is 5.75 Å². The van der Waals surface area contributed by atoms with Gasteiger partial charge in [-0.3, -0.25) is 13.9 Å². The topological polar surface area (TPSA) is 65.3 Å². The van der Waals surface area contributed by atoms with E-state index in [0.29, 0.717) is 6.54 Å². The van der Waals surface area contributed by atoms with Crippen molar-refractivity contribution in [2.75, 3.05) is 13.2 Å². The molecule has 0 aliphatic heterocycles. The lowest BCUT2D eigenvalue weighted by molar-refractivity contribution is -0.121. The predicted molar refractivity (Wildman–Crippen MR) is 96.8 cm³/mol. The van der Waals surface area contributed by atoms with E-state index in [1.807, 2.05) is 31.2 Å². The second kappa shape index (κ2) is 7.86. The fourth-order valence-electron chi connectivity index (χ4n) is 2.84. The molecule has 1 amide bonds. The Bertz CT molecular complexity index is 978. The number of fused-ring (bicyclic) bond motifs is 1. The number of carbonyl (C=O) groups is 1. The molecular weight excluding hydrogens is 337 g/mol. The first kappa shape index (κ1) is 17.7. The van der Waals surface area contributed by atoms with Crippen LogP contribution >= 0.6 is 0 Å². The summed E-state index contributed by atoms with van der Waals surface area (Å²) in [5.74, 6) is -0.607. The number of rotatable bonds is 7. The van der Waals surface area contributed by atoms with Crippen LogP contribution in [-0.4, -0.2) is 28.2 Å². The zero-order chi connectivity index (χ0) is 18.5. The van der Waals surface area contributed by atoms with Crippen LogP contribution in [0.3, 0.4) is 0 Å². The summed E-state index contributed by atoms with van der Waals surface area (Å²) in [6.45, 7) is 2.70. The first-order valence-corrected chi connectivity index (χ1v) is 8.44. The Hall–Kier alpha value is -3.09. The van der Waals surface area contributed by atoms with Crippen LogP contribution in [0, 0.1) is 5.82 Å². The van der Waals surface area contributed by atoms with Gasteiger partial charge in [0.1, 0.15) is 13.2 Å². The molecule has 0 saturated heterocycles. The number of imidazole rings is 1. The lowest BCUT2D eigenvalue weighted by Crippen LogP contribution is -2.35. The highest BCUT2D eigenvalue weighted by Crippen LogP contribution is 2.15. The van der Waals surface area contributed by atoms with Crippen LogP contribution in [0.4, 0.5) is 4.39 Å². The van der Waals surface area contributed by atoms with Crippen molar-refractivity contribution < 1.29 is 13.9 Å². The van der Waals surface area contributed by atoms with Gasteiger partial charge < -0.3 is 10.1 Å². The van der Waals surface area contributed by atoms with Gasteiger partial charge in [0, 0.05) is 6.54 Å². The Labute approximate surface area is 149 Å². The van der Waals surface area contributed by atoms with Crippen LogP contribution in [0.5, 0.6) is 5.75 Å². The number of halogens is 1. The summed E-state index contributed by atoms with van der Waals surface area (Å²) in [5, 5.41) is 2.68. The molecule has 1 aromatic heterocycles. The third kappa shape index (κ3) is 3.61. The van der Waals surface area contributed by atoms with Gasteiger partial charge in [0.25, 0.3) is 0 Å². The molecule has 0 radical (unpaired) electrons. The molecule has 0 unspecified atom stereocenters. The standard InChI is InChI=1S/C19H20FN3O3/c1-2-22-15-8-4-5-9-16(15)23(19(22)25)13-18(24)21-11-12-26-17-10-6-3-7-14(17)20/h3-10H,2,11-13H2,1H3,(H,21,24). The third-order valence-corrected chi connectivity index (χ3v) is 4.06. The molecule has 0 spiro atoms. The summed E-state index contributed by atoms with van der Waals surface area (Å²) >= 11 is 0. The molecule has 1 N–H and O–H groups in total. The van der Waals surface area contributed by atoms with E-state index in [1.165, 1.54) is 16.7 Å². The number of carbonyl (C=O) groups excluding carboxylic acids is 1. The SMILES string of the molecule is CCn1c(=O)n(CC(=O)NCCOc2ccccc2F)c2ccccc21. The summed E-state index contributed by atoms with van der Waals surface area (Å²) < 4.78 is 21.8. The van der Waals surface area contributed by atoms with Crippen molar-refractivity contribution >= 4 is 16.9 Å². The van der Waals surface area contributed by atoms with Gasteiger partial charge in [0.2, 0.25) is 5.91 Å². The second-order valence-corrected chi connectivity index (χ2v) is 5.73. The maximum atomic E-state index is 13.4. The van der Waals surface area contributed by atoms with E-state index in [-0.39, 0.29) is 37.0 Å². The minimum atomic E-state index is -0.447. The molecule has 0 aliphatic carbocycles. The number of hydrogen-bond acceptors (Lipinski definition) is 3. The Balaban J connectivity index is 1.61. The van der Waals surface area contributed by atoms with Crippen molar-refractivity contribution in [1.82, 2.24) is 14.5 Å². The van der Waals surface area contributed by atoms with Crippen molar-refractivity contribution in [3.63, 3.8) is 0 Å². The van der Waals surface area contributed by atoms with Crippen molar-refractivity contribution in [1.29, 1.82) is 0 Å². The largest absolute Gasteiger partial charge is 0.489 e. The molecule has 3 rings (SSSR count). The lowest BCUT2D eigenvalue weighted by Gasteiger charge is -2.09. The number of benzene rings is 2. The minimum Gasteiger partial charge on any atom is -0.489 e. The van der Waals surface area contributed by atoms with Crippen LogP contribution < -0.4 is 15.7 Å². The number of aryl methyl sites for hydroxylation is 1. The van der Waals surface area contributed by atoms with Gasteiger partial charge >= 0.3 is 5.69 Å². The molecule has 26 heavy (non-hydrogen) atoms. The Morgan fingerprint density at radius 3 is 2.42 bits per heavy atom. The molecule has 2 aromatic carbocycles. The van der Waals surface area contributed by atoms with E-state index in [4.69, 9.17) is 4.74 Å². The molecule has 136 valence electrons. The Kier molecular flexibility index (Phi) is 5.36. The number of amides is 1. The first-order chi connectivity index (χ1) is 12.6. The molecule has 0 fully saturated rings. The number of hydrogen-bond donors (Lipinski definition) is 1. The van der Waals surface area contributed by atoms with Gasteiger partial charge in [0.05, 0.1) is 17.6 Å². The highest BCUT2D eigenvalue weighted by molar-refractivity contribution is 5.80. The van der Waals surface area contributed by atoms with Gasteiger partial charge in [-0.05, 0) is 31.2 Å². The Morgan fingerprint density at radius 1 is 1.08 bits per heavy atom. The van der Waals surface area contributed by atoms with Crippen LogP contribution in [0.25, 0.3) is 11.0 Å². The van der Waals surface area contributed by atoms with Crippen molar-refractivity contribution in [2.45, 2.75) is 20.0 Å². The van der Waals surface area contributed by atoms with Gasteiger partial charge in [-0.1, -0.05) is 24.3 Å². The van der Waals surface area contributed by atoms with E-state index < -0.39 is 5.82 Å². The van der Waals surface area contributed by atoms with Crippen LogP contribution in [-0.2, 0) is 17.9 Å². The van der Waals surface area contributed by atoms with E-state index in [1.54, 1.807) is 16.7 Å². The summed E-state index contributed by atoms with van der Waals surface area (Å²) in [6.07, 6.45) is 0. The van der Waals surface area contributed by atoms with Gasteiger partial charge in [0.15, 0.2) is 11.6 Å². The molecule has 7 heteroatoms. The molecule has 0 aliphatic rings. The summed E-state index contributed by atoms with van der Waals surface area (Å²) in [5.41, 5.74) is 1.30. The lowest BCUT2D eigenvalue weighted by atomic mass is 10.3. The fraction of sp³-hybridized carbons (Fsp3) is 0.263. The number of aromatic nitrogens is 2. The normalized spacial score (nSPS) is 10.8. The average molecular weight is 357 g/mol. The van der Waals surface area contributed by atoms with E-state index in [0.717, 1.165) is 11.0 Å². The van der Waals surface area contributed by atoms with Gasteiger partial charge in [-0.15, -0.1) is 0 Å². The second-order valence-electron chi connectivity index (χ2n) is 5.73. The maximum Gasteiger partial charge on any atom is 0.329 e. The zero-order valence-corrected chi connectivity index (χ0v) is 14.4. The quantitative estimate of drug-likeness (QED) is 0.659. The smallest absolute Gasteiger partial charge is 0.329 e. The zero-order valence-electron chi connectivity index (χ0n) is 14.4. The molecular formula is C19H20FN3O3. The summed E-state index contributed by atoms with van der Waals surface area (Å²) in [6, 6.07) is 13.5. The van der Waals surface area contributed by atoms with Crippen molar-refractivity contribution in [3.05, 3.63) is 64.8 Å². The number of para-hydroxylation sites is 3. The fourth-order valence-corrected chi connectivity index (χ4v) is 2.84. The van der Waals surface area contributed by atoms with Crippen LogP contribution in [0.15, 0.2) is 53.3 Å². The van der Waals surface area contributed by atoms with Crippen LogP contribution in [0.2, 0.25) is 0 Å². The van der Waals surface area contributed by atoms with E-state index >= 15 is 0 Å². The molecule has 0 atom stereocenters. The maximum absolute atomic E-state index is 13.4. The summed E-state index contributed by atoms with van der Waals surface area (Å²) in [7, 11) is 0. The van der Waals surface area contributed by atoms with Crippen LogP contribution in [0.1, 0.15) is 6.92 Å². The van der Waals surface area contributed by atoms with E-state index in [2.05, 4.69) is 5.32 Å². The molecule has 0 bridgehead atoms. The predicted octanol–water partition coefficient (Wildman–Crippen LogP) is 2.16. The minimum absolute atomic E-state index is 0.0773. The van der Waals surface area contributed by atoms with E-state index in [9.17, 15) is 14.0 Å². The van der Waals surface area contributed by atoms with Gasteiger partial charge in [-0.2, -0.15) is 0 Å². The van der Waals surface area contributed by atoms with Crippen molar-refractivity contribution in [2.24, 2.45) is 0 Å². The summed E-state index contributed by atoms with van der Waals surface area (Å²) in [4.78, 5) is 24.7. The third-order valence-electron chi connectivity index (χ3n) is 4.06. The number of nitrogens with zero attached hydrogens (tertiary/aromatic N) is 2. The monoisotopic (exact) mass is 357 g/mol. The highest BCUT2D eigenvalue weighted by Gasteiger charge is 2.14. The molecule has 0 saturated carbocycles. The average Bonchev–Trinajstić information content (AvgIpc) is 2.91. The molecule has 1 heterocycles. The highest BCUT2D eigenvalue weighted by atomic mass is 19.1. The molecule has 3 aromatic rings. The molecule has 6 nitrogen and oxygen atoms in total. The number of ether oxygens (including phenoxy) is 1. The Morgan fingerprint density at radius 2 is 1.73 bits per heavy atom. The first-order valence-electron chi connectivity index (χ1n) is 8.44. The number of nitrogens with one attached hydrogen (secondary N) is 1. The van der Waals surface area contributed by atoms with Gasteiger partial charge in [-0.25, -0.2) is 9.18 Å².